The lowest BCUT2D eigenvalue weighted by atomic mass is 9.98. The molecule has 3 aromatic heterocycles. The first kappa shape index (κ1) is 30.4. The highest BCUT2D eigenvalue weighted by Gasteiger charge is 2.29. The van der Waals surface area contributed by atoms with Gasteiger partial charge in [0.05, 0.1) is 52.6 Å². The van der Waals surface area contributed by atoms with Gasteiger partial charge in [0.15, 0.2) is 5.82 Å². The predicted octanol–water partition coefficient (Wildman–Crippen LogP) is 7.41. The van der Waals surface area contributed by atoms with Crippen LogP contribution in [-0.4, -0.2) is 48.5 Å². The number of anilines is 3. The Kier molecular flexibility index (Phi) is 8.36. The molecule has 9 nitrogen and oxygen atoms in total. The fraction of sp³-hybridized carbons (Fsp3) is 0.303. The lowest BCUT2D eigenvalue weighted by Gasteiger charge is -2.40. The number of fused-ring (bicyclic) bond motifs is 1. The van der Waals surface area contributed by atoms with Crippen molar-refractivity contribution < 1.29 is 8.78 Å². The first-order chi connectivity index (χ1) is 21.6. The molecule has 1 atom stereocenters. The van der Waals surface area contributed by atoms with E-state index in [1.807, 2.05) is 41.2 Å². The highest BCUT2D eigenvalue weighted by molar-refractivity contribution is 6.32. The average molecular weight is 628 g/mol. The Morgan fingerprint density at radius 3 is 2.49 bits per heavy atom. The number of pyridine rings is 2. The molecule has 0 aliphatic carbocycles. The number of likely N-dealkylation sites (tertiary alicyclic amines) is 1. The van der Waals surface area contributed by atoms with Crippen molar-refractivity contribution in [2.24, 2.45) is 0 Å². The summed E-state index contributed by atoms with van der Waals surface area (Å²) in [7, 11) is 0. The largest absolute Gasteiger partial charge is 0.371 e. The van der Waals surface area contributed by atoms with Crippen LogP contribution in [0.1, 0.15) is 62.5 Å². The van der Waals surface area contributed by atoms with Crippen LogP contribution in [0.4, 0.5) is 25.8 Å². The summed E-state index contributed by atoms with van der Waals surface area (Å²) in [5, 5.41) is 26.5. The van der Waals surface area contributed by atoms with Gasteiger partial charge in [-0.3, -0.25) is 9.88 Å². The van der Waals surface area contributed by atoms with Crippen molar-refractivity contribution in [2.75, 3.05) is 23.7 Å². The topological polar surface area (TPSA) is 108 Å². The van der Waals surface area contributed by atoms with Gasteiger partial charge in [0.25, 0.3) is 0 Å². The van der Waals surface area contributed by atoms with E-state index in [1.165, 1.54) is 6.20 Å². The minimum absolute atomic E-state index is 0.129. The number of halogens is 3. The molecule has 1 saturated heterocycles. The number of rotatable bonds is 7. The first-order valence-corrected chi connectivity index (χ1v) is 15.1. The predicted molar refractivity (Wildman–Crippen MR) is 170 cm³/mol. The molecule has 12 heteroatoms. The standard InChI is InChI=1S/C33H32ClF2N9/c1-33(2,3)44-11-9-24(10-12-44)45-19-28(42-43-45)30(20-7-5-4-6-8-20)41-27-14-22(34)13-25-29(21(16-37)17-38-31(25)27)40-23-15-26(35)32(36)39-18-23/h4-8,13-15,17-19,24,30,41H,9-12H2,1-3H3,(H,38,40)/t30-/m0/s1. The van der Waals surface area contributed by atoms with Crippen LogP contribution in [0, 0.1) is 23.1 Å². The van der Waals surface area contributed by atoms with Crippen molar-refractivity contribution in [3.63, 3.8) is 0 Å². The SMILES string of the molecule is CC(C)(C)N1CCC(n2cc([C@@H](Nc3cc(Cl)cc4c(Nc5cnc(F)c(F)c5)c(C#N)cnc34)c3ccccc3)nn2)CC1. The van der Waals surface area contributed by atoms with Gasteiger partial charge in [-0.05, 0) is 51.3 Å². The quantitative estimate of drug-likeness (QED) is 0.180. The molecule has 5 aromatic rings. The van der Waals surface area contributed by atoms with Crippen LogP contribution in [0.5, 0.6) is 0 Å². The summed E-state index contributed by atoms with van der Waals surface area (Å²) in [5.41, 5.74) is 3.62. The Morgan fingerprint density at radius 2 is 1.80 bits per heavy atom. The van der Waals surface area contributed by atoms with Crippen LogP contribution in [-0.2, 0) is 0 Å². The molecule has 1 fully saturated rings. The number of nitrogens with one attached hydrogen (secondary N) is 2. The van der Waals surface area contributed by atoms with Crippen molar-refractivity contribution in [3.8, 4) is 6.07 Å². The summed E-state index contributed by atoms with van der Waals surface area (Å²) >= 11 is 6.63. The number of aromatic nitrogens is 5. The van der Waals surface area contributed by atoms with Gasteiger partial charge in [0.2, 0.25) is 5.95 Å². The van der Waals surface area contributed by atoms with Crippen molar-refractivity contribution >= 4 is 39.6 Å². The number of nitrogens with zero attached hydrogens (tertiary/aromatic N) is 7. The third-order valence-electron chi connectivity index (χ3n) is 8.17. The van der Waals surface area contributed by atoms with Crippen LogP contribution in [0.2, 0.25) is 5.02 Å². The highest BCUT2D eigenvalue weighted by Crippen LogP contribution is 2.37. The summed E-state index contributed by atoms with van der Waals surface area (Å²) in [5.74, 6) is -2.33. The second-order valence-electron chi connectivity index (χ2n) is 12.1. The molecule has 4 heterocycles. The van der Waals surface area contributed by atoms with E-state index in [4.69, 9.17) is 11.6 Å². The van der Waals surface area contributed by atoms with Crippen molar-refractivity contribution in [1.29, 1.82) is 5.26 Å². The van der Waals surface area contributed by atoms with E-state index in [2.05, 4.69) is 62.7 Å². The number of hydrogen-bond acceptors (Lipinski definition) is 8. The smallest absolute Gasteiger partial charge is 0.249 e. The zero-order chi connectivity index (χ0) is 31.7. The number of benzene rings is 2. The fourth-order valence-corrected chi connectivity index (χ4v) is 5.98. The molecule has 0 bridgehead atoms. The number of piperidine rings is 1. The van der Waals surface area contributed by atoms with E-state index in [0.717, 1.165) is 49.5 Å². The van der Waals surface area contributed by atoms with E-state index in [1.54, 1.807) is 12.1 Å². The molecule has 230 valence electrons. The van der Waals surface area contributed by atoms with Gasteiger partial charge >= 0.3 is 0 Å². The number of nitriles is 1. The molecule has 1 aliphatic heterocycles. The van der Waals surface area contributed by atoms with Gasteiger partial charge in [0, 0.05) is 41.3 Å². The Balaban J connectivity index is 1.36. The van der Waals surface area contributed by atoms with Crippen LogP contribution < -0.4 is 10.6 Å². The molecule has 1 aliphatic rings. The Morgan fingerprint density at radius 1 is 1.04 bits per heavy atom. The minimum Gasteiger partial charge on any atom is -0.371 e. The molecule has 45 heavy (non-hydrogen) atoms. The molecule has 0 saturated carbocycles. The van der Waals surface area contributed by atoms with Crippen LogP contribution in [0.3, 0.4) is 0 Å². The lowest BCUT2D eigenvalue weighted by molar-refractivity contribution is 0.0866. The Bertz CT molecular complexity index is 1870. The summed E-state index contributed by atoms with van der Waals surface area (Å²) in [6, 6.07) is 16.2. The van der Waals surface area contributed by atoms with Crippen LogP contribution >= 0.6 is 11.6 Å². The van der Waals surface area contributed by atoms with Crippen LogP contribution in [0.15, 0.2) is 67.1 Å². The summed E-state index contributed by atoms with van der Waals surface area (Å²) < 4.78 is 29.4. The average Bonchev–Trinajstić information content (AvgIpc) is 3.52. The summed E-state index contributed by atoms with van der Waals surface area (Å²) in [4.78, 5) is 10.5. The number of hydrogen-bond donors (Lipinski definition) is 2. The zero-order valence-corrected chi connectivity index (χ0v) is 25.9. The van der Waals surface area contributed by atoms with Gasteiger partial charge in [0.1, 0.15) is 11.8 Å². The van der Waals surface area contributed by atoms with E-state index >= 15 is 0 Å². The van der Waals surface area contributed by atoms with Gasteiger partial charge in [-0.15, -0.1) is 5.10 Å². The molecule has 2 aromatic carbocycles. The Hall–Kier alpha value is -4.66. The van der Waals surface area contributed by atoms with E-state index in [-0.39, 0.29) is 22.8 Å². The second kappa shape index (κ2) is 12.4. The van der Waals surface area contributed by atoms with E-state index in [9.17, 15) is 14.0 Å². The second-order valence-corrected chi connectivity index (χ2v) is 12.6. The maximum atomic E-state index is 14.0. The first-order valence-electron chi connectivity index (χ1n) is 14.7. The monoisotopic (exact) mass is 627 g/mol. The zero-order valence-electron chi connectivity index (χ0n) is 25.1. The summed E-state index contributed by atoms with van der Waals surface area (Å²) in [6.07, 6.45) is 6.54. The van der Waals surface area contributed by atoms with Gasteiger partial charge in [-0.2, -0.15) is 9.65 Å². The van der Waals surface area contributed by atoms with E-state index in [0.29, 0.717) is 27.3 Å². The van der Waals surface area contributed by atoms with Crippen LogP contribution in [0.25, 0.3) is 10.9 Å². The van der Waals surface area contributed by atoms with Gasteiger partial charge in [-0.1, -0.05) is 47.1 Å². The highest BCUT2D eigenvalue weighted by atomic mass is 35.5. The molecule has 0 radical (unpaired) electrons. The molecular formula is C33H32ClF2N9. The fourth-order valence-electron chi connectivity index (χ4n) is 5.76. The minimum atomic E-state index is -1.21. The van der Waals surface area contributed by atoms with E-state index < -0.39 is 17.8 Å². The maximum Gasteiger partial charge on any atom is 0.249 e. The third-order valence-corrected chi connectivity index (χ3v) is 8.38. The lowest BCUT2D eigenvalue weighted by Crippen LogP contribution is -2.46. The van der Waals surface area contributed by atoms with Gasteiger partial charge in [-0.25, -0.2) is 14.1 Å². The molecule has 0 spiro atoms. The molecule has 0 amide bonds. The molecular weight excluding hydrogens is 596 g/mol. The molecule has 2 N–H and O–H groups in total. The van der Waals surface area contributed by atoms with Crippen molar-refractivity contribution in [2.45, 2.75) is 51.2 Å². The molecule has 6 rings (SSSR count). The van der Waals surface area contributed by atoms with Crippen molar-refractivity contribution in [3.05, 3.63) is 101 Å². The maximum absolute atomic E-state index is 14.0. The normalized spacial score (nSPS) is 15.1. The summed E-state index contributed by atoms with van der Waals surface area (Å²) in [6.45, 7) is 8.71. The van der Waals surface area contributed by atoms with Crippen molar-refractivity contribution in [1.82, 2.24) is 29.9 Å². The Labute approximate surface area is 264 Å². The van der Waals surface area contributed by atoms with Gasteiger partial charge < -0.3 is 10.6 Å². The third kappa shape index (κ3) is 6.43. The molecule has 0 unspecified atom stereocenters.